The molecule has 1 heterocycles. The van der Waals surface area contributed by atoms with E-state index >= 15 is 0 Å². The predicted octanol–water partition coefficient (Wildman–Crippen LogP) is 2.09. The van der Waals surface area contributed by atoms with Gasteiger partial charge in [0.25, 0.3) is 0 Å². The van der Waals surface area contributed by atoms with Gasteiger partial charge in [-0.1, -0.05) is 26.0 Å². The number of nitrogens with one attached hydrogen (secondary N) is 1. The minimum atomic E-state index is -0.581. The van der Waals surface area contributed by atoms with Gasteiger partial charge in [-0.05, 0) is 36.1 Å². The molecule has 3 heteroatoms. The van der Waals surface area contributed by atoms with Gasteiger partial charge in [-0.25, -0.2) is 0 Å². The molecule has 1 aliphatic rings. The summed E-state index contributed by atoms with van der Waals surface area (Å²) < 4.78 is 5.38. The highest BCUT2D eigenvalue weighted by Crippen LogP contribution is 2.29. The predicted molar refractivity (Wildman–Crippen MR) is 73.2 cm³/mol. The van der Waals surface area contributed by atoms with Crippen molar-refractivity contribution in [3.8, 4) is 5.75 Å². The first-order valence-electron chi connectivity index (χ1n) is 6.64. The van der Waals surface area contributed by atoms with Crippen molar-refractivity contribution in [1.82, 2.24) is 5.32 Å². The third-order valence-corrected chi connectivity index (χ3v) is 3.67. The van der Waals surface area contributed by atoms with Gasteiger partial charge in [0.2, 0.25) is 0 Å². The van der Waals surface area contributed by atoms with Gasteiger partial charge in [0.1, 0.15) is 5.75 Å². The lowest BCUT2D eigenvalue weighted by Gasteiger charge is -2.22. The average molecular weight is 249 g/mol. The van der Waals surface area contributed by atoms with E-state index in [0.29, 0.717) is 18.9 Å². The molecule has 2 N–H and O–H groups in total. The molecular weight excluding hydrogens is 226 g/mol. The Balaban J connectivity index is 2.21. The van der Waals surface area contributed by atoms with Crippen molar-refractivity contribution in [1.29, 1.82) is 0 Å². The van der Waals surface area contributed by atoms with E-state index in [1.54, 1.807) is 7.11 Å². The van der Waals surface area contributed by atoms with E-state index in [4.69, 9.17) is 4.74 Å². The molecule has 0 saturated carbocycles. The molecule has 0 spiro atoms. The molecule has 2 rings (SSSR count). The summed E-state index contributed by atoms with van der Waals surface area (Å²) in [6.07, 6.45) is 1.54. The quantitative estimate of drug-likeness (QED) is 0.858. The molecular formula is C15H23NO2. The molecule has 100 valence electrons. The Morgan fingerprint density at radius 3 is 2.78 bits per heavy atom. The van der Waals surface area contributed by atoms with Crippen molar-refractivity contribution < 1.29 is 9.84 Å². The summed E-state index contributed by atoms with van der Waals surface area (Å²) in [6, 6.07) is 6.23. The van der Waals surface area contributed by atoms with Gasteiger partial charge in [0.05, 0.1) is 12.7 Å². The van der Waals surface area contributed by atoms with E-state index in [1.807, 2.05) is 6.07 Å². The van der Waals surface area contributed by atoms with Gasteiger partial charge in [-0.3, -0.25) is 0 Å². The zero-order valence-corrected chi connectivity index (χ0v) is 11.5. The van der Waals surface area contributed by atoms with Crippen LogP contribution in [0.25, 0.3) is 0 Å². The van der Waals surface area contributed by atoms with Gasteiger partial charge in [0, 0.05) is 13.0 Å². The van der Waals surface area contributed by atoms with E-state index in [-0.39, 0.29) is 0 Å². The van der Waals surface area contributed by atoms with Crippen LogP contribution in [0.2, 0.25) is 0 Å². The van der Waals surface area contributed by atoms with Gasteiger partial charge in [-0.15, -0.1) is 0 Å². The van der Waals surface area contributed by atoms with Gasteiger partial charge in [0.15, 0.2) is 0 Å². The van der Waals surface area contributed by atoms with Crippen molar-refractivity contribution in [2.75, 3.05) is 20.2 Å². The van der Waals surface area contributed by atoms with Gasteiger partial charge < -0.3 is 15.2 Å². The summed E-state index contributed by atoms with van der Waals surface area (Å²) >= 11 is 0. The highest BCUT2D eigenvalue weighted by Gasteiger charge is 2.31. The summed E-state index contributed by atoms with van der Waals surface area (Å²) in [5.74, 6) is 1.36. The number of benzene rings is 1. The van der Waals surface area contributed by atoms with Gasteiger partial charge in [-0.2, -0.15) is 0 Å². The van der Waals surface area contributed by atoms with E-state index in [9.17, 15) is 5.11 Å². The fourth-order valence-electron chi connectivity index (χ4n) is 2.61. The fraction of sp³-hybridized carbons (Fsp3) is 0.600. The Labute approximate surface area is 109 Å². The second-order valence-corrected chi connectivity index (χ2v) is 5.56. The van der Waals surface area contributed by atoms with Crippen molar-refractivity contribution in [2.45, 2.75) is 38.2 Å². The van der Waals surface area contributed by atoms with Crippen LogP contribution in [-0.2, 0) is 6.42 Å². The molecule has 1 aromatic rings. The monoisotopic (exact) mass is 249 g/mol. The van der Waals surface area contributed by atoms with Crippen LogP contribution >= 0.6 is 0 Å². The lowest BCUT2D eigenvalue weighted by Crippen LogP contribution is -2.33. The Morgan fingerprint density at radius 2 is 2.22 bits per heavy atom. The molecule has 1 aromatic carbocycles. The first-order valence-corrected chi connectivity index (χ1v) is 6.64. The second kappa shape index (κ2) is 5.29. The number of hydrogen-bond acceptors (Lipinski definition) is 3. The lowest BCUT2D eigenvalue weighted by atomic mass is 9.91. The summed E-state index contributed by atoms with van der Waals surface area (Å²) in [6.45, 7) is 5.92. The molecule has 0 bridgehead atoms. The minimum absolute atomic E-state index is 0.427. The largest absolute Gasteiger partial charge is 0.496 e. The van der Waals surface area contributed by atoms with Crippen molar-refractivity contribution in [3.63, 3.8) is 0 Å². The van der Waals surface area contributed by atoms with Crippen LogP contribution in [0.3, 0.4) is 0 Å². The number of β-amino-alcohol motifs (C(OH)–C–C–N with tert-alkyl or cyclic N) is 1. The van der Waals surface area contributed by atoms with Crippen LogP contribution in [0.1, 0.15) is 37.3 Å². The highest BCUT2D eigenvalue weighted by atomic mass is 16.5. The molecule has 1 unspecified atom stereocenters. The van der Waals surface area contributed by atoms with E-state index in [2.05, 4.69) is 31.3 Å². The molecule has 0 amide bonds. The third kappa shape index (κ3) is 2.85. The maximum atomic E-state index is 10.4. The standard InChI is InChI=1S/C15H23NO2/c1-11(2)13-8-12(4-5-14(13)18-3)9-15(17)6-7-16-10-15/h4-5,8,11,16-17H,6-7,9-10H2,1-3H3. The van der Waals surface area contributed by atoms with Crippen LogP contribution in [0.5, 0.6) is 5.75 Å². The van der Waals surface area contributed by atoms with Crippen LogP contribution in [0.15, 0.2) is 18.2 Å². The van der Waals surface area contributed by atoms with E-state index in [0.717, 1.165) is 18.7 Å². The molecule has 1 atom stereocenters. The molecule has 0 aliphatic carbocycles. The second-order valence-electron chi connectivity index (χ2n) is 5.56. The maximum Gasteiger partial charge on any atom is 0.122 e. The third-order valence-electron chi connectivity index (χ3n) is 3.67. The van der Waals surface area contributed by atoms with Crippen LogP contribution < -0.4 is 10.1 Å². The molecule has 18 heavy (non-hydrogen) atoms. The van der Waals surface area contributed by atoms with Gasteiger partial charge >= 0.3 is 0 Å². The van der Waals surface area contributed by atoms with Crippen molar-refractivity contribution >= 4 is 0 Å². The Bertz CT molecular complexity index is 409. The Hall–Kier alpha value is -1.06. The molecule has 0 radical (unpaired) electrons. The first-order chi connectivity index (χ1) is 8.54. The Morgan fingerprint density at radius 1 is 1.44 bits per heavy atom. The average Bonchev–Trinajstić information content (AvgIpc) is 2.75. The maximum absolute atomic E-state index is 10.4. The summed E-state index contributed by atoms with van der Waals surface area (Å²) in [5, 5.41) is 13.6. The number of aliphatic hydroxyl groups is 1. The summed E-state index contributed by atoms with van der Waals surface area (Å²) in [7, 11) is 1.70. The van der Waals surface area contributed by atoms with Crippen molar-refractivity contribution in [2.24, 2.45) is 0 Å². The van der Waals surface area contributed by atoms with E-state index < -0.39 is 5.60 Å². The number of methoxy groups -OCH3 is 1. The van der Waals surface area contributed by atoms with Crippen LogP contribution in [-0.4, -0.2) is 30.9 Å². The molecule has 0 aromatic heterocycles. The smallest absolute Gasteiger partial charge is 0.122 e. The number of rotatable bonds is 4. The molecule has 1 aliphatic heterocycles. The fourth-order valence-corrected chi connectivity index (χ4v) is 2.61. The lowest BCUT2D eigenvalue weighted by molar-refractivity contribution is 0.0618. The number of ether oxygens (including phenoxy) is 1. The topological polar surface area (TPSA) is 41.5 Å². The first kappa shape index (κ1) is 13.4. The summed E-state index contributed by atoms with van der Waals surface area (Å²) in [4.78, 5) is 0. The summed E-state index contributed by atoms with van der Waals surface area (Å²) in [5.41, 5.74) is 1.82. The minimum Gasteiger partial charge on any atom is -0.496 e. The SMILES string of the molecule is COc1ccc(CC2(O)CCNC2)cc1C(C)C. The zero-order chi connectivity index (χ0) is 13.2. The van der Waals surface area contributed by atoms with Crippen molar-refractivity contribution in [3.05, 3.63) is 29.3 Å². The molecule has 1 saturated heterocycles. The molecule has 3 nitrogen and oxygen atoms in total. The zero-order valence-electron chi connectivity index (χ0n) is 11.5. The van der Waals surface area contributed by atoms with E-state index in [1.165, 1.54) is 11.1 Å². The Kier molecular flexibility index (Phi) is 3.93. The van der Waals surface area contributed by atoms with Crippen LogP contribution in [0.4, 0.5) is 0 Å². The highest BCUT2D eigenvalue weighted by molar-refractivity contribution is 5.39. The molecule has 1 fully saturated rings. The van der Waals surface area contributed by atoms with Crippen LogP contribution in [0, 0.1) is 0 Å². The number of hydrogen-bond donors (Lipinski definition) is 2. The normalized spacial score (nSPS) is 23.6.